The van der Waals surface area contributed by atoms with Gasteiger partial charge in [0.1, 0.15) is 0 Å². The first kappa shape index (κ1) is 12.6. The molecule has 1 aromatic heterocycles. The Morgan fingerprint density at radius 1 is 1.35 bits per heavy atom. The first-order chi connectivity index (χ1) is 8.08. The molecule has 0 saturated heterocycles. The molecule has 2 rings (SSSR count). The Bertz CT molecular complexity index is 381. The van der Waals surface area contributed by atoms with Crippen LogP contribution in [0.2, 0.25) is 0 Å². The summed E-state index contributed by atoms with van der Waals surface area (Å²) in [6.45, 7) is 8.75. The predicted octanol–water partition coefficient (Wildman–Crippen LogP) is 2.56. The Labute approximate surface area is 105 Å². The van der Waals surface area contributed by atoms with Gasteiger partial charge in [-0.3, -0.25) is 4.68 Å². The van der Waals surface area contributed by atoms with Gasteiger partial charge < -0.3 is 5.32 Å². The van der Waals surface area contributed by atoms with Crippen LogP contribution in [-0.4, -0.2) is 16.3 Å². The Morgan fingerprint density at radius 2 is 2.12 bits per heavy atom. The number of aryl methyl sites for hydroxylation is 2. The molecule has 17 heavy (non-hydrogen) atoms. The molecule has 2 unspecified atom stereocenters. The summed E-state index contributed by atoms with van der Waals surface area (Å²) in [4.78, 5) is 0. The van der Waals surface area contributed by atoms with E-state index in [-0.39, 0.29) is 0 Å². The average molecular weight is 235 g/mol. The number of nitrogens with zero attached hydrogens (tertiary/aromatic N) is 2. The van der Waals surface area contributed by atoms with Crippen molar-refractivity contribution in [3.05, 3.63) is 17.0 Å². The van der Waals surface area contributed by atoms with Gasteiger partial charge in [-0.2, -0.15) is 5.10 Å². The number of rotatable bonds is 4. The van der Waals surface area contributed by atoms with Crippen molar-refractivity contribution in [2.75, 3.05) is 6.54 Å². The van der Waals surface area contributed by atoms with Gasteiger partial charge >= 0.3 is 0 Å². The van der Waals surface area contributed by atoms with E-state index in [2.05, 4.69) is 31.2 Å². The molecule has 1 heterocycles. The summed E-state index contributed by atoms with van der Waals surface area (Å²) in [5, 5.41) is 8.06. The third-order valence-corrected chi connectivity index (χ3v) is 4.20. The third kappa shape index (κ3) is 2.89. The molecule has 96 valence electrons. The maximum Gasteiger partial charge on any atom is 0.0641 e. The average Bonchev–Trinajstić information content (AvgIpc) is 2.78. The first-order valence-electron chi connectivity index (χ1n) is 6.77. The normalized spacial score (nSPS) is 24.5. The van der Waals surface area contributed by atoms with Crippen molar-refractivity contribution in [3.8, 4) is 0 Å². The summed E-state index contributed by atoms with van der Waals surface area (Å²) in [7, 11) is 2.02. The first-order valence-corrected chi connectivity index (χ1v) is 6.77. The van der Waals surface area contributed by atoms with Crippen LogP contribution in [0.5, 0.6) is 0 Å². The summed E-state index contributed by atoms with van der Waals surface area (Å²) < 4.78 is 1.98. The van der Waals surface area contributed by atoms with Crippen molar-refractivity contribution in [2.45, 2.75) is 46.6 Å². The van der Waals surface area contributed by atoms with Gasteiger partial charge in [-0.05, 0) is 45.1 Å². The fourth-order valence-electron chi connectivity index (χ4n) is 2.98. The lowest BCUT2D eigenvalue weighted by Crippen LogP contribution is -2.21. The molecule has 0 aliphatic heterocycles. The fourth-order valence-corrected chi connectivity index (χ4v) is 2.98. The van der Waals surface area contributed by atoms with Crippen molar-refractivity contribution in [1.29, 1.82) is 0 Å². The highest BCUT2D eigenvalue weighted by molar-refractivity contribution is 5.23. The molecule has 1 aliphatic rings. The van der Waals surface area contributed by atoms with Crippen LogP contribution < -0.4 is 5.32 Å². The highest BCUT2D eigenvalue weighted by Crippen LogP contribution is 2.29. The Hall–Kier alpha value is -0.830. The third-order valence-electron chi connectivity index (χ3n) is 4.20. The van der Waals surface area contributed by atoms with Crippen LogP contribution in [-0.2, 0) is 13.6 Å². The molecule has 3 nitrogen and oxygen atoms in total. The van der Waals surface area contributed by atoms with Crippen LogP contribution in [0.15, 0.2) is 0 Å². The molecular weight excluding hydrogens is 210 g/mol. The zero-order valence-electron chi connectivity index (χ0n) is 11.6. The maximum absolute atomic E-state index is 4.45. The molecule has 0 radical (unpaired) electrons. The van der Waals surface area contributed by atoms with E-state index in [1.807, 2.05) is 11.7 Å². The molecule has 2 atom stereocenters. The van der Waals surface area contributed by atoms with Gasteiger partial charge in [0.2, 0.25) is 0 Å². The van der Waals surface area contributed by atoms with E-state index in [9.17, 15) is 0 Å². The van der Waals surface area contributed by atoms with E-state index < -0.39 is 0 Å². The summed E-state index contributed by atoms with van der Waals surface area (Å²) in [5.74, 6) is 1.82. The largest absolute Gasteiger partial charge is 0.312 e. The van der Waals surface area contributed by atoms with Crippen molar-refractivity contribution >= 4 is 0 Å². The summed E-state index contributed by atoms with van der Waals surface area (Å²) in [5.41, 5.74) is 3.82. The second-order valence-corrected chi connectivity index (χ2v) is 5.69. The van der Waals surface area contributed by atoms with Gasteiger partial charge in [0, 0.05) is 24.8 Å². The Kier molecular flexibility index (Phi) is 3.87. The Balaban J connectivity index is 1.82. The van der Waals surface area contributed by atoms with Crippen molar-refractivity contribution < 1.29 is 0 Å². The number of nitrogens with one attached hydrogen (secondary N) is 1. The van der Waals surface area contributed by atoms with Gasteiger partial charge in [0.15, 0.2) is 0 Å². The molecule has 1 fully saturated rings. The van der Waals surface area contributed by atoms with Crippen LogP contribution in [0.25, 0.3) is 0 Å². The summed E-state index contributed by atoms with van der Waals surface area (Å²) in [6, 6.07) is 0. The molecule has 1 saturated carbocycles. The lowest BCUT2D eigenvalue weighted by atomic mass is 10.1. The topological polar surface area (TPSA) is 29.9 Å². The van der Waals surface area contributed by atoms with Crippen molar-refractivity contribution in [1.82, 2.24) is 15.1 Å². The van der Waals surface area contributed by atoms with Gasteiger partial charge in [0.25, 0.3) is 0 Å². The van der Waals surface area contributed by atoms with E-state index in [0.29, 0.717) is 0 Å². The molecule has 1 aromatic rings. The molecule has 0 spiro atoms. The van der Waals surface area contributed by atoms with Crippen LogP contribution >= 0.6 is 0 Å². The number of aromatic nitrogens is 2. The van der Waals surface area contributed by atoms with Gasteiger partial charge in [0.05, 0.1) is 5.69 Å². The fraction of sp³-hybridized carbons (Fsp3) is 0.786. The maximum atomic E-state index is 4.45. The second-order valence-electron chi connectivity index (χ2n) is 5.69. The van der Waals surface area contributed by atoms with Gasteiger partial charge in [-0.25, -0.2) is 0 Å². The van der Waals surface area contributed by atoms with E-state index in [4.69, 9.17) is 0 Å². The van der Waals surface area contributed by atoms with Crippen LogP contribution in [0.4, 0.5) is 0 Å². The van der Waals surface area contributed by atoms with Gasteiger partial charge in [-0.15, -0.1) is 0 Å². The highest BCUT2D eigenvalue weighted by Gasteiger charge is 2.20. The van der Waals surface area contributed by atoms with Crippen LogP contribution in [0.3, 0.4) is 0 Å². The zero-order chi connectivity index (χ0) is 12.4. The summed E-state index contributed by atoms with van der Waals surface area (Å²) >= 11 is 0. The second kappa shape index (κ2) is 5.21. The smallest absolute Gasteiger partial charge is 0.0641 e. The van der Waals surface area contributed by atoms with Crippen LogP contribution in [0.1, 0.15) is 43.1 Å². The molecule has 0 aromatic carbocycles. The van der Waals surface area contributed by atoms with Crippen molar-refractivity contribution in [2.24, 2.45) is 18.9 Å². The number of hydrogen-bond donors (Lipinski definition) is 1. The zero-order valence-corrected chi connectivity index (χ0v) is 11.6. The lowest BCUT2D eigenvalue weighted by Gasteiger charge is -2.11. The minimum absolute atomic E-state index is 0.891. The molecule has 1 N–H and O–H groups in total. The summed E-state index contributed by atoms with van der Waals surface area (Å²) in [6.07, 6.45) is 4.22. The standard InChI is InChI=1S/C14H25N3/c1-10-5-6-13(7-10)8-15-9-14-11(2)16-17(4)12(14)3/h10,13,15H,5-9H2,1-4H3. The van der Waals surface area contributed by atoms with E-state index in [0.717, 1.165) is 30.6 Å². The van der Waals surface area contributed by atoms with Crippen LogP contribution in [0, 0.1) is 25.7 Å². The highest BCUT2D eigenvalue weighted by atomic mass is 15.3. The molecular formula is C14H25N3. The lowest BCUT2D eigenvalue weighted by molar-refractivity contribution is 0.470. The minimum atomic E-state index is 0.891. The predicted molar refractivity (Wildman–Crippen MR) is 70.9 cm³/mol. The van der Waals surface area contributed by atoms with E-state index >= 15 is 0 Å². The quantitative estimate of drug-likeness (QED) is 0.869. The Morgan fingerprint density at radius 3 is 2.65 bits per heavy atom. The molecule has 0 amide bonds. The SMILES string of the molecule is Cc1nn(C)c(C)c1CNCC1CCC(C)C1. The van der Waals surface area contributed by atoms with E-state index in [1.54, 1.807) is 0 Å². The van der Waals surface area contributed by atoms with E-state index in [1.165, 1.54) is 30.5 Å². The van der Waals surface area contributed by atoms with Crippen molar-refractivity contribution in [3.63, 3.8) is 0 Å². The molecule has 1 aliphatic carbocycles. The molecule has 3 heteroatoms. The molecule has 0 bridgehead atoms. The monoisotopic (exact) mass is 235 g/mol. The number of hydrogen-bond acceptors (Lipinski definition) is 2. The van der Waals surface area contributed by atoms with Gasteiger partial charge in [-0.1, -0.05) is 13.3 Å². The minimum Gasteiger partial charge on any atom is -0.312 e.